The highest BCUT2D eigenvalue weighted by atomic mass is 16.2. The average molecular weight is 301 g/mol. The first kappa shape index (κ1) is 14.0. The molecule has 5 heteroatoms. The van der Waals surface area contributed by atoms with E-state index in [0.717, 1.165) is 11.3 Å². The molecule has 0 saturated heterocycles. The summed E-state index contributed by atoms with van der Waals surface area (Å²) in [5.41, 5.74) is 1.62. The monoisotopic (exact) mass is 301 g/mol. The third-order valence-electron chi connectivity index (χ3n) is 5.72. The van der Waals surface area contributed by atoms with E-state index in [1.807, 2.05) is 11.8 Å². The molecule has 3 aliphatic rings. The lowest BCUT2D eigenvalue weighted by Crippen LogP contribution is -2.35. The standard InChI is InChI=1S/C17H23N3O2/c1-10-18-14-7-9-20(8-6-13(14)16(21)19-10)17(22)15-11-4-2-3-5-12(11)15/h11-12,15H,2-9H2,1H3,(H,18,19,21). The highest BCUT2D eigenvalue weighted by Crippen LogP contribution is 2.56. The van der Waals surface area contributed by atoms with Gasteiger partial charge in [0, 0.05) is 31.0 Å². The number of amides is 1. The van der Waals surface area contributed by atoms with Crippen LogP contribution in [0.3, 0.4) is 0 Å². The quantitative estimate of drug-likeness (QED) is 0.853. The van der Waals surface area contributed by atoms with E-state index in [2.05, 4.69) is 9.97 Å². The van der Waals surface area contributed by atoms with E-state index in [1.54, 1.807) is 0 Å². The largest absolute Gasteiger partial charge is 0.342 e. The van der Waals surface area contributed by atoms with Gasteiger partial charge in [0.15, 0.2) is 0 Å². The van der Waals surface area contributed by atoms with E-state index < -0.39 is 0 Å². The Balaban J connectivity index is 1.49. The number of nitrogens with zero attached hydrogens (tertiary/aromatic N) is 2. The maximum Gasteiger partial charge on any atom is 0.254 e. The molecule has 2 heterocycles. The third kappa shape index (κ3) is 2.27. The van der Waals surface area contributed by atoms with Gasteiger partial charge in [0.25, 0.3) is 5.56 Å². The number of nitrogens with one attached hydrogen (secondary N) is 1. The molecule has 2 saturated carbocycles. The highest BCUT2D eigenvalue weighted by molar-refractivity contribution is 5.82. The van der Waals surface area contributed by atoms with Crippen molar-refractivity contribution in [3.8, 4) is 0 Å². The van der Waals surface area contributed by atoms with Gasteiger partial charge >= 0.3 is 0 Å². The Labute approximate surface area is 130 Å². The molecule has 4 rings (SSSR count). The second kappa shape index (κ2) is 5.21. The fraction of sp³-hybridized carbons (Fsp3) is 0.706. The minimum absolute atomic E-state index is 0.0307. The molecule has 0 aromatic carbocycles. The van der Waals surface area contributed by atoms with Crippen LogP contribution in [0.1, 0.15) is 42.8 Å². The van der Waals surface area contributed by atoms with Gasteiger partial charge in [-0.1, -0.05) is 12.8 Å². The molecular formula is C17H23N3O2. The Bertz CT molecular complexity index is 654. The number of carbonyl (C=O) groups is 1. The number of hydrogen-bond donors (Lipinski definition) is 1. The van der Waals surface area contributed by atoms with Crippen LogP contribution in [0.2, 0.25) is 0 Å². The summed E-state index contributed by atoms with van der Waals surface area (Å²) in [6, 6.07) is 0. The summed E-state index contributed by atoms with van der Waals surface area (Å²) < 4.78 is 0. The first-order chi connectivity index (χ1) is 10.6. The maximum atomic E-state index is 12.8. The summed E-state index contributed by atoms with van der Waals surface area (Å²) in [5, 5.41) is 0. The van der Waals surface area contributed by atoms with Crippen molar-refractivity contribution in [1.82, 2.24) is 14.9 Å². The molecule has 2 unspecified atom stereocenters. The normalized spacial score (nSPS) is 30.2. The smallest absolute Gasteiger partial charge is 0.254 e. The number of aromatic amines is 1. The van der Waals surface area contributed by atoms with Crippen LogP contribution in [0.15, 0.2) is 4.79 Å². The van der Waals surface area contributed by atoms with Crippen molar-refractivity contribution in [3.05, 3.63) is 27.4 Å². The zero-order chi connectivity index (χ0) is 15.3. The van der Waals surface area contributed by atoms with Crippen molar-refractivity contribution in [1.29, 1.82) is 0 Å². The molecule has 1 aromatic heterocycles. The number of carbonyl (C=O) groups excluding carboxylic acids is 1. The molecule has 1 N–H and O–H groups in total. The Kier molecular flexibility index (Phi) is 3.31. The fourth-order valence-corrected chi connectivity index (χ4v) is 4.52. The summed E-state index contributed by atoms with van der Waals surface area (Å²) in [6.45, 7) is 3.18. The molecule has 1 aliphatic heterocycles. The van der Waals surface area contributed by atoms with Crippen LogP contribution in [-0.4, -0.2) is 33.9 Å². The van der Waals surface area contributed by atoms with E-state index in [9.17, 15) is 9.59 Å². The highest BCUT2D eigenvalue weighted by Gasteiger charge is 2.55. The summed E-state index contributed by atoms with van der Waals surface area (Å²) >= 11 is 0. The third-order valence-corrected chi connectivity index (χ3v) is 5.72. The molecule has 2 aliphatic carbocycles. The van der Waals surface area contributed by atoms with Gasteiger partial charge in [-0.3, -0.25) is 9.59 Å². The molecular weight excluding hydrogens is 278 g/mol. The van der Waals surface area contributed by atoms with Crippen molar-refractivity contribution < 1.29 is 4.79 Å². The van der Waals surface area contributed by atoms with Crippen LogP contribution in [0.5, 0.6) is 0 Å². The molecule has 1 aromatic rings. The number of aryl methyl sites for hydroxylation is 1. The van der Waals surface area contributed by atoms with Gasteiger partial charge in [-0.25, -0.2) is 4.98 Å². The average Bonchev–Trinajstić information content (AvgIpc) is 3.25. The SMILES string of the molecule is Cc1nc2c(c(=O)[nH]1)CCN(C(=O)C1C3CCCCC31)CC2. The van der Waals surface area contributed by atoms with Gasteiger partial charge < -0.3 is 9.88 Å². The van der Waals surface area contributed by atoms with Crippen molar-refractivity contribution in [2.45, 2.75) is 45.4 Å². The summed E-state index contributed by atoms with van der Waals surface area (Å²) in [6.07, 6.45) is 6.37. The van der Waals surface area contributed by atoms with E-state index in [-0.39, 0.29) is 11.5 Å². The lowest BCUT2D eigenvalue weighted by molar-refractivity contribution is -0.133. The number of rotatable bonds is 1. The Morgan fingerprint density at radius 2 is 1.86 bits per heavy atom. The Hall–Kier alpha value is -1.65. The summed E-state index contributed by atoms with van der Waals surface area (Å²) in [7, 11) is 0. The fourth-order valence-electron chi connectivity index (χ4n) is 4.52. The molecule has 22 heavy (non-hydrogen) atoms. The molecule has 0 radical (unpaired) electrons. The molecule has 0 bridgehead atoms. The molecule has 1 amide bonds. The van der Waals surface area contributed by atoms with Gasteiger partial charge in [-0.05, 0) is 38.0 Å². The minimum atomic E-state index is -0.0307. The zero-order valence-corrected chi connectivity index (χ0v) is 13.1. The van der Waals surface area contributed by atoms with E-state index in [0.29, 0.717) is 49.5 Å². The van der Waals surface area contributed by atoms with E-state index in [1.165, 1.54) is 25.7 Å². The van der Waals surface area contributed by atoms with Crippen LogP contribution in [0.25, 0.3) is 0 Å². The minimum Gasteiger partial charge on any atom is -0.342 e. The molecule has 0 spiro atoms. The number of fused-ring (bicyclic) bond motifs is 2. The maximum absolute atomic E-state index is 12.8. The van der Waals surface area contributed by atoms with Crippen LogP contribution in [-0.2, 0) is 17.6 Å². The summed E-state index contributed by atoms with van der Waals surface area (Å²) in [5.74, 6) is 2.57. The lowest BCUT2D eigenvalue weighted by Gasteiger charge is -2.20. The summed E-state index contributed by atoms with van der Waals surface area (Å²) in [4.78, 5) is 34.1. The van der Waals surface area contributed by atoms with Gasteiger partial charge in [0.2, 0.25) is 5.91 Å². The Morgan fingerprint density at radius 3 is 2.59 bits per heavy atom. The number of H-pyrrole nitrogens is 1. The van der Waals surface area contributed by atoms with E-state index in [4.69, 9.17) is 0 Å². The first-order valence-electron chi connectivity index (χ1n) is 8.52. The lowest BCUT2D eigenvalue weighted by atomic mass is 10.0. The predicted molar refractivity (Wildman–Crippen MR) is 82.5 cm³/mol. The second-order valence-corrected chi connectivity index (χ2v) is 7.04. The van der Waals surface area contributed by atoms with E-state index >= 15 is 0 Å². The topological polar surface area (TPSA) is 66.1 Å². The van der Waals surface area contributed by atoms with Crippen molar-refractivity contribution >= 4 is 5.91 Å². The number of aromatic nitrogens is 2. The van der Waals surface area contributed by atoms with Gasteiger partial charge in [-0.15, -0.1) is 0 Å². The Morgan fingerprint density at radius 1 is 1.18 bits per heavy atom. The van der Waals surface area contributed by atoms with Gasteiger partial charge in [0.05, 0.1) is 5.69 Å². The van der Waals surface area contributed by atoms with Crippen LogP contribution in [0, 0.1) is 24.7 Å². The van der Waals surface area contributed by atoms with Crippen molar-refractivity contribution in [3.63, 3.8) is 0 Å². The number of hydrogen-bond acceptors (Lipinski definition) is 3. The van der Waals surface area contributed by atoms with Crippen LogP contribution in [0.4, 0.5) is 0 Å². The zero-order valence-electron chi connectivity index (χ0n) is 13.1. The van der Waals surface area contributed by atoms with Crippen LogP contribution < -0.4 is 5.56 Å². The first-order valence-corrected chi connectivity index (χ1v) is 8.52. The van der Waals surface area contributed by atoms with Gasteiger partial charge in [0.1, 0.15) is 5.82 Å². The van der Waals surface area contributed by atoms with Crippen molar-refractivity contribution in [2.75, 3.05) is 13.1 Å². The van der Waals surface area contributed by atoms with Crippen LogP contribution >= 0.6 is 0 Å². The second-order valence-electron chi connectivity index (χ2n) is 7.04. The molecule has 2 fully saturated rings. The molecule has 2 atom stereocenters. The predicted octanol–water partition coefficient (Wildman–Crippen LogP) is 1.44. The van der Waals surface area contributed by atoms with Crippen molar-refractivity contribution in [2.24, 2.45) is 17.8 Å². The van der Waals surface area contributed by atoms with Gasteiger partial charge in [-0.2, -0.15) is 0 Å². The molecule has 118 valence electrons. The molecule has 5 nitrogen and oxygen atoms in total.